The lowest BCUT2D eigenvalue weighted by molar-refractivity contribution is 0.827. The van der Waals surface area contributed by atoms with E-state index in [0.29, 0.717) is 0 Å². The van der Waals surface area contributed by atoms with Crippen molar-refractivity contribution in [1.82, 2.24) is 0 Å². The standard InChI is InChI=1S/C10H11NS.4C2H6/c1-9(11-7-8-12)10-5-3-2-4-6-10;4*1-2/h2-9H,1H3;4*1-2H3. The van der Waals surface area contributed by atoms with Gasteiger partial charge in [-0.1, -0.05) is 97.9 Å². The Labute approximate surface area is 133 Å². The predicted molar refractivity (Wildman–Crippen MR) is 102 cm³/mol. The molecule has 1 aromatic rings. The molecule has 1 aromatic carbocycles. The molecule has 0 amide bonds. The zero-order chi connectivity index (χ0) is 16.8. The topological polar surface area (TPSA) is 12.4 Å². The van der Waals surface area contributed by atoms with Gasteiger partial charge >= 0.3 is 0 Å². The molecule has 0 saturated carbocycles. The SMILES string of the molecule is CC.CC.CC.CC.CC(N=CC=S)c1ccccc1. The van der Waals surface area contributed by atoms with Crippen molar-refractivity contribution in [2.45, 2.75) is 68.4 Å². The first-order valence-corrected chi connectivity index (χ1v) is 8.33. The Balaban J connectivity index is -0.000000138. The van der Waals surface area contributed by atoms with Crippen molar-refractivity contribution < 1.29 is 0 Å². The van der Waals surface area contributed by atoms with Crippen molar-refractivity contribution >= 4 is 23.8 Å². The summed E-state index contributed by atoms with van der Waals surface area (Å²) in [4.78, 5) is 4.23. The fourth-order valence-electron chi connectivity index (χ4n) is 0.982. The minimum absolute atomic E-state index is 0.199. The van der Waals surface area contributed by atoms with Crippen LogP contribution >= 0.6 is 12.2 Å². The Kier molecular flexibility index (Phi) is 42.1. The number of benzene rings is 1. The average Bonchev–Trinajstić information content (AvgIpc) is 2.60. The molecule has 0 aliphatic carbocycles. The van der Waals surface area contributed by atoms with Gasteiger partial charge in [-0.05, 0) is 12.5 Å². The van der Waals surface area contributed by atoms with Gasteiger partial charge in [-0.25, -0.2) is 0 Å². The first-order chi connectivity index (χ1) is 9.84. The van der Waals surface area contributed by atoms with E-state index in [0.717, 1.165) is 0 Å². The lowest BCUT2D eigenvalue weighted by Gasteiger charge is -2.04. The Morgan fingerprint density at radius 1 is 0.850 bits per heavy atom. The van der Waals surface area contributed by atoms with E-state index in [1.807, 2.05) is 80.5 Å². The quantitative estimate of drug-likeness (QED) is 0.435. The van der Waals surface area contributed by atoms with Crippen LogP contribution in [0.4, 0.5) is 0 Å². The highest BCUT2D eigenvalue weighted by Crippen LogP contribution is 2.14. The monoisotopic (exact) mass is 297 g/mol. The molecule has 0 aromatic heterocycles. The van der Waals surface area contributed by atoms with Gasteiger partial charge in [0.05, 0.1) is 6.04 Å². The largest absolute Gasteiger partial charge is 0.285 e. The van der Waals surface area contributed by atoms with Crippen LogP contribution in [-0.4, -0.2) is 11.6 Å². The number of hydrogen-bond donors (Lipinski definition) is 0. The van der Waals surface area contributed by atoms with E-state index in [1.54, 1.807) is 6.21 Å². The highest BCUT2D eigenvalue weighted by atomic mass is 32.1. The molecule has 20 heavy (non-hydrogen) atoms. The smallest absolute Gasteiger partial charge is 0.0721 e. The van der Waals surface area contributed by atoms with E-state index < -0.39 is 0 Å². The first kappa shape index (κ1) is 27.3. The van der Waals surface area contributed by atoms with Crippen molar-refractivity contribution in [3.05, 3.63) is 35.9 Å². The van der Waals surface area contributed by atoms with Gasteiger partial charge in [-0.2, -0.15) is 0 Å². The minimum atomic E-state index is 0.199. The predicted octanol–water partition coefficient (Wildman–Crippen LogP) is 6.92. The summed E-state index contributed by atoms with van der Waals surface area (Å²) in [6.45, 7) is 18.0. The highest BCUT2D eigenvalue weighted by Gasteiger charge is 1.98. The summed E-state index contributed by atoms with van der Waals surface area (Å²) in [5, 5.41) is 1.53. The van der Waals surface area contributed by atoms with Gasteiger partial charge < -0.3 is 0 Å². The zero-order valence-corrected chi connectivity index (χ0v) is 15.8. The number of hydrogen-bond acceptors (Lipinski definition) is 2. The third-order valence-corrected chi connectivity index (χ3v) is 1.77. The summed E-state index contributed by atoms with van der Waals surface area (Å²) >= 11 is 4.65. The van der Waals surface area contributed by atoms with E-state index in [4.69, 9.17) is 0 Å². The molecule has 0 spiro atoms. The Morgan fingerprint density at radius 2 is 1.25 bits per heavy atom. The summed E-state index contributed by atoms with van der Waals surface area (Å²) in [6, 6.07) is 10.3. The van der Waals surface area contributed by atoms with Crippen molar-refractivity contribution in [1.29, 1.82) is 0 Å². The maximum Gasteiger partial charge on any atom is 0.0721 e. The molecule has 1 rings (SSSR count). The summed E-state index contributed by atoms with van der Waals surface area (Å²) < 4.78 is 0. The van der Waals surface area contributed by atoms with Crippen LogP contribution in [-0.2, 0) is 0 Å². The third kappa shape index (κ3) is 19.3. The van der Waals surface area contributed by atoms with Crippen molar-refractivity contribution in [2.75, 3.05) is 0 Å². The Morgan fingerprint density at radius 3 is 1.60 bits per heavy atom. The van der Waals surface area contributed by atoms with Crippen LogP contribution in [0.2, 0.25) is 0 Å². The van der Waals surface area contributed by atoms with Crippen LogP contribution in [0.15, 0.2) is 35.3 Å². The molecular formula is C18H35NS. The second kappa shape index (κ2) is 30.8. The normalized spacial score (nSPS) is 9.05. The Bertz CT molecular complexity index is 268. The first-order valence-electron chi connectivity index (χ1n) is 7.86. The van der Waals surface area contributed by atoms with Gasteiger partial charge in [-0.15, -0.1) is 0 Å². The van der Waals surface area contributed by atoms with Crippen LogP contribution in [0, 0.1) is 0 Å². The molecule has 0 N–H and O–H groups in total. The summed E-state index contributed by atoms with van der Waals surface area (Å²) in [7, 11) is 0. The van der Waals surface area contributed by atoms with Crippen LogP contribution in [0.25, 0.3) is 0 Å². The molecule has 0 bridgehead atoms. The molecule has 0 saturated heterocycles. The second-order valence-corrected chi connectivity index (χ2v) is 2.79. The van der Waals surface area contributed by atoms with Gasteiger partial charge in [0.1, 0.15) is 0 Å². The van der Waals surface area contributed by atoms with Gasteiger partial charge in [0.15, 0.2) is 0 Å². The van der Waals surface area contributed by atoms with Crippen LogP contribution < -0.4 is 0 Å². The Hall–Kier alpha value is -1.02. The van der Waals surface area contributed by atoms with E-state index in [9.17, 15) is 0 Å². The molecule has 1 nitrogen and oxygen atoms in total. The summed E-state index contributed by atoms with van der Waals surface area (Å²) in [6.07, 6.45) is 1.66. The van der Waals surface area contributed by atoms with E-state index in [2.05, 4.69) is 29.3 Å². The molecular weight excluding hydrogens is 262 g/mol. The fraction of sp³-hybridized carbons (Fsp3) is 0.556. The van der Waals surface area contributed by atoms with E-state index in [-0.39, 0.29) is 6.04 Å². The molecule has 2 heteroatoms. The van der Waals surface area contributed by atoms with Crippen molar-refractivity contribution in [2.24, 2.45) is 4.99 Å². The maximum atomic E-state index is 4.65. The van der Waals surface area contributed by atoms with Crippen LogP contribution in [0.5, 0.6) is 0 Å². The highest BCUT2D eigenvalue weighted by molar-refractivity contribution is 7.80. The number of thiocarbonyl (C=S) groups is 1. The lowest BCUT2D eigenvalue weighted by Crippen LogP contribution is -1.89. The van der Waals surface area contributed by atoms with Gasteiger partial charge in [0, 0.05) is 11.6 Å². The second-order valence-electron chi connectivity index (χ2n) is 2.52. The molecule has 1 atom stereocenters. The molecule has 118 valence electrons. The molecule has 0 aliphatic rings. The molecule has 0 fully saturated rings. The van der Waals surface area contributed by atoms with E-state index in [1.165, 1.54) is 10.9 Å². The molecule has 0 radical (unpaired) electrons. The molecule has 0 heterocycles. The maximum absolute atomic E-state index is 4.65. The average molecular weight is 298 g/mol. The third-order valence-electron chi connectivity index (χ3n) is 1.65. The molecule has 0 aliphatic heterocycles. The van der Waals surface area contributed by atoms with Gasteiger partial charge in [-0.3, -0.25) is 4.99 Å². The summed E-state index contributed by atoms with van der Waals surface area (Å²) in [5.41, 5.74) is 1.21. The summed E-state index contributed by atoms with van der Waals surface area (Å²) in [5.74, 6) is 0. The molecule has 1 unspecified atom stereocenters. The minimum Gasteiger partial charge on any atom is -0.285 e. The van der Waals surface area contributed by atoms with Crippen molar-refractivity contribution in [3.63, 3.8) is 0 Å². The van der Waals surface area contributed by atoms with E-state index >= 15 is 0 Å². The number of aliphatic imine (C=N–C) groups is 1. The lowest BCUT2D eigenvalue weighted by atomic mass is 10.1. The van der Waals surface area contributed by atoms with Crippen molar-refractivity contribution in [3.8, 4) is 0 Å². The van der Waals surface area contributed by atoms with Crippen LogP contribution in [0.1, 0.15) is 73.9 Å². The van der Waals surface area contributed by atoms with Gasteiger partial charge in [0.25, 0.3) is 0 Å². The number of nitrogens with zero attached hydrogens (tertiary/aromatic N) is 1. The van der Waals surface area contributed by atoms with Gasteiger partial charge in [0.2, 0.25) is 0 Å². The zero-order valence-electron chi connectivity index (χ0n) is 15.0. The van der Waals surface area contributed by atoms with Crippen LogP contribution in [0.3, 0.4) is 0 Å². The number of rotatable bonds is 3. The fourth-order valence-corrected chi connectivity index (χ4v) is 1.05.